The molecule has 2 aromatic carbocycles. The Morgan fingerprint density at radius 3 is 2.42 bits per heavy atom. The summed E-state index contributed by atoms with van der Waals surface area (Å²) in [5, 5.41) is 6.11. The number of nitrogens with one attached hydrogen (secondary N) is 3. The Balaban J connectivity index is 1.23. The smallest absolute Gasteiger partial charge is 0.255 e. The van der Waals surface area contributed by atoms with Crippen molar-refractivity contribution in [1.82, 2.24) is 14.6 Å². The van der Waals surface area contributed by atoms with E-state index in [1.54, 1.807) is 73.1 Å². The third kappa shape index (κ3) is 7.59. The van der Waals surface area contributed by atoms with Crippen LogP contribution in [0, 0.1) is 0 Å². The number of anilines is 2. The molecule has 3 aromatic rings. The van der Waals surface area contributed by atoms with Gasteiger partial charge in [0.05, 0.1) is 30.0 Å². The van der Waals surface area contributed by atoms with Gasteiger partial charge in [-0.15, -0.1) is 0 Å². The molecule has 10 heteroatoms. The van der Waals surface area contributed by atoms with Crippen molar-refractivity contribution < 1.29 is 17.9 Å². The minimum atomic E-state index is -3.66. The van der Waals surface area contributed by atoms with Crippen LogP contribution < -0.4 is 15.4 Å². The Labute approximate surface area is 211 Å². The van der Waals surface area contributed by atoms with Crippen LogP contribution in [0.25, 0.3) is 0 Å². The van der Waals surface area contributed by atoms with Gasteiger partial charge in [0.25, 0.3) is 5.91 Å². The number of hydrogen-bond donors (Lipinski definition) is 3. The molecule has 1 fully saturated rings. The average Bonchev–Trinajstić information content (AvgIpc) is 2.92. The first-order valence-corrected chi connectivity index (χ1v) is 13.4. The van der Waals surface area contributed by atoms with Crippen molar-refractivity contribution in [2.45, 2.75) is 17.9 Å². The molecule has 1 saturated heterocycles. The van der Waals surface area contributed by atoms with E-state index in [1.165, 1.54) is 0 Å². The highest BCUT2D eigenvalue weighted by atomic mass is 32.2. The first kappa shape index (κ1) is 25.8. The number of rotatable bonds is 11. The molecular weight excluding hydrogens is 478 g/mol. The molecule has 36 heavy (non-hydrogen) atoms. The fourth-order valence-electron chi connectivity index (χ4n) is 3.79. The lowest BCUT2D eigenvalue weighted by molar-refractivity contribution is 0.0378. The number of nitrogens with zero attached hydrogens (tertiary/aromatic N) is 2. The van der Waals surface area contributed by atoms with E-state index in [0.29, 0.717) is 11.3 Å². The summed E-state index contributed by atoms with van der Waals surface area (Å²) in [5.74, 6) is -0.259. The van der Waals surface area contributed by atoms with Gasteiger partial charge in [-0.1, -0.05) is 12.1 Å². The molecule has 4 rings (SSSR count). The predicted molar refractivity (Wildman–Crippen MR) is 139 cm³/mol. The van der Waals surface area contributed by atoms with E-state index < -0.39 is 10.0 Å². The largest absolute Gasteiger partial charge is 0.385 e. The van der Waals surface area contributed by atoms with E-state index in [4.69, 9.17) is 4.74 Å². The van der Waals surface area contributed by atoms with Gasteiger partial charge in [-0.3, -0.25) is 14.7 Å². The van der Waals surface area contributed by atoms with E-state index in [9.17, 15) is 13.2 Å². The molecule has 2 heterocycles. The van der Waals surface area contributed by atoms with Crippen LogP contribution in [0.1, 0.15) is 22.3 Å². The predicted octanol–water partition coefficient (Wildman–Crippen LogP) is 2.95. The molecule has 1 aromatic heterocycles. The second kappa shape index (κ2) is 12.6. The Kier molecular flexibility index (Phi) is 9.01. The number of carbonyl (C=O) groups is 1. The second-order valence-corrected chi connectivity index (χ2v) is 10.2. The number of amides is 1. The molecule has 3 N–H and O–H groups in total. The molecule has 190 valence electrons. The monoisotopic (exact) mass is 509 g/mol. The van der Waals surface area contributed by atoms with Crippen LogP contribution in [0.5, 0.6) is 0 Å². The summed E-state index contributed by atoms with van der Waals surface area (Å²) in [4.78, 5) is 18.9. The van der Waals surface area contributed by atoms with Crippen molar-refractivity contribution in [3.63, 3.8) is 0 Å². The third-order valence-corrected chi connectivity index (χ3v) is 7.27. The van der Waals surface area contributed by atoms with Crippen molar-refractivity contribution in [2.24, 2.45) is 0 Å². The van der Waals surface area contributed by atoms with Crippen molar-refractivity contribution in [3.8, 4) is 0 Å². The SMILES string of the molecule is O=C(Nc1cccnc1)c1ccc(CNS(=O)(=O)c2ccc(NCCCN3CCOCC3)cc2)cc1. The summed E-state index contributed by atoms with van der Waals surface area (Å²) in [6.45, 7) is 5.51. The molecule has 0 bridgehead atoms. The number of hydrogen-bond acceptors (Lipinski definition) is 7. The van der Waals surface area contributed by atoms with Crippen LogP contribution in [-0.2, 0) is 21.3 Å². The molecule has 9 nitrogen and oxygen atoms in total. The van der Waals surface area contributed by atoms with Crippen LogP contribution in [0.3, 0.4) is 0 Å². The summed E-state index contributed by atoms with van der Waals surface area (Å²) in [7, 11) is -3.66. The zero-order valence-corrected chi connectivity index (χ0v) is 20.8. The molecule has 1 amide bonds. The molecule has 0 unspecified atom stereocenters. The molecule has 0 aliphatic carbocycles. The van der Waals surface area contributed by atoms with Gasteiger partial charge in [0.1, 0.15) is 0 Å². The Bertz CT molecular complexity index is 1210. The zero-order valence-electron chi connectivity index (χ0n) is 20.0. The highest BCUT2D eigenvalue weighted by molar-refractivity contribution is 7.89. The van der Waals surface area contributed by atoms with Crippen LogP contribution in [0.4, 0.5) is 11.4 Å². The standard InChI is InChI=1S/C26H31N5O4S/c32-26(30-24-3-1-12-27-20-24)22-6-4-21(5-7-22)19-29-36(33,34)25-10-8-23(9-11-25)28-13-2-14-31-15-17-35-18-16-31/h1,3-12,20,28-29H,2,13-19H2,(H,30,32). The molecular formula is C26H31N5O4S. The van der Waals surface area contributed by atoms with Crippen LogP contribution in [-0.4, -0.2) is 63.6 Å². The number of carbonyl (C=O) groups excluding carboxylic acids is 1. The molecule has 0 saturated carbocycles. The fraction of sp³-hybridized carbons (Fsp3) is 0.308. The van der Waals surface area contributed by atoms with Crippen molar-refractivity contribution in [3.05, 3.63) is 84.2 Å². The van der Waals surface area contributed by atoms with Crippen molar-refractivity contribution >= 4 is 27.3 Å². The van der Waals surface area contributed by atoms with E-state index in [0.717, 1.165) is 57.1 Å². The number of ether oxygens (including phenoxy) is 1. The summed E-state index contributed by atoms with van der Waals surface area (Å²) in [6, 6.07) is 17.0. The summed E-state index contributed by atoms with van der Waals surface area (Å²) in [5.41, 5.74) is 2.71. The molecule has 0 radical (unpaired) electrons. The maximum atomic E-state index is 12.7. The second-order valence-electron chi connectivity index (χ2n) is 8.48. The molecule has 0 atom stereocenters. The van der Waals surface area contributed by atoms with Gasteiger partial charge < -0.3 is 15.4 Å². The Morgan fingerprint density at radius 1 is 0.972 bits per heavy atom. The van der Waals surface area contributed by atoms with E-state index >= 15 is 0 Å². The maximum absolute atomic E-state index is 12.7. The lowest BCUT2D eigenvalue weighted by Gasteiger charge is -2.26. The minimum Gasteiger partial charge on any atom is -0.385 e. The minimum absolute atomic E-state index is 0.119. The first-order chi connectivity index (χ1) is 17.5. The lowest BCUT2D eigenvalue weighted by Crippen LogP contribution is -2.37. The number of benzene rings is 2. The maximum Gasteiger partial charge on any atom is 0.255 e. The Morgan fingerprint density at radius 2 is 1.72 bits per heavy atom. The third-order valence-electron chi connectivity index (χ3n) is 5.85. The number of pyridine rings is 1. The fourth-order valence-corrected chi connectivity index (χ4v) is 4.81. The first-order valence-electron chi connectivity index (χ1n) is 11.9. The van der Waals surface area contributed by atoms with Gasteiger partial charge in [-0.25, -0.2) is 13.1 Å². The van der Waals surface area contributed by atoms with E-state index in [1.807, 2.05) is 0 Å². The topological polar surface area (TPSA) is 113 Å². The van der Waals surface area contributed by atoms with Crippen molar-refractivity contribution in [2.75, 3.05) is 50.0 Å². The van der Waals surface area contributed by atoms with Crippen LogP contribution in [0.2, 0.25) is 0 Å². The molecule has 1 aliphatic rings. The lowest BCUT2D eigenvalue weighted by atomic mass is 10.1. The van der Waals surface area contributed by atoms with Gasteiger partial charge in [0.2, 0.25) is 10.0 Å². The van der Waals surface area contributed by atoms with Gasteiger partial charge >= 0.3 is 0 Å². The quantitative estimate of drug-likeness (QED) is 0.341. The van der Waals surface area contributed by atoms with E-state index in [-0.39, 0.29) is 17.3 Å². The van der Waals surface area contributed by atoms with Crippen LogP contribution >= 0.6 is 0 Å². The highest BCUT2D eigenvalue weighted by Crippen LogP contribution is 2.15. The van der Waals surface area contributed by atoms with Gasteiger partial charge in [-0.2, -0.15) is 0 Å². The number of morpholine rings is 1. The van der Waals surface area contributed by atoms with Crippen molar-refractivity contribution in [1.29, 1.82) is 0 Å². The average molecular weight is 510 g/mol. The van der Waals surface area contributed by atoms with Gasteiger partial charge in [0, 0.05) is 43.6 Å². The number of aromatic nitrogens is 1. The Hall–Kier alpha value is -3.31. The molecule has 0 spiro atoms. The summed E-state index contributed by atoms with van der Waals surface area (Å²) < 4.78 is 33.4. The highest BCUT2D eigenvalue weighted by Gasteiger charge is 2.14. The van der Waals surface area contributed by atoms with Gasteiger partial charge in [0.15, 0.2) is 0 Å². The summed E-state index contributed by atoms with van der Waals surface area (Å²) >= 11 is 0. The zero-order chi connectivity index (χ0) is 25.2. The van der Waals surface area contributed by atoms with Crippen LogP contribution in [0.15, 0.2) is 78.0 Å². The van der Waals surface area contributed by atoms with E-state index in [2.05, 4.69) is 25.2 Å². The van der Waals surface area contributed by atoms with Gasteiger partial charge in [-0.05, 0) is 67.1 Å². The molecule has 1 aliphatic heterocycles. The normalized spacial score (nSPS) is 14.3. The number of sulfonamides is 1. The summed E-state index contributed by atoms with van der Waals surface area (Å²) in [6.07, 6.45) is 4.20.